The molecular weight excluding hydrogens is 430 g/mol. The van der Waals surface area contributed by atoms with Gasteiger partial charge in [0.15, 0.2) is 9.84 Å². The quantitative estimate of drug-likeness (QED) is 0.183. The van der Waals surface area contributed by atoms with Gasteiger partial charge >= 0.3 is 11.9 Å². The molecule has 0 aliphatic carbocycles. The fourth-order valence-corrected chi connectivity index (χ4v) is 5.50. The third-order valence-electron chi connectivity index (χ3n) is 5.07. The van der Waals surface area contributed by atoms with Crippen LogP contribution in [-0.4, -0.2) is 61.2 Å². The molecule has 1 aromatic rings. The standard InChI is InChI=1S/C20H25NO9S/c1-29-19(23)7-5-3-2-4-6-18-16(17(22)13-31(18,27)28)12-30-20(24)14-8-10-15(11-9-14)21(25)26/h2,4,8-11,16-18,22H,3,5-7,12-13H2,1H3/t16-,17?,18-/m0/s1. The minimum Gasteiger partial charge on any atom is -0.469 e. The zero-order valence-corrected chi connectivity index (χ0v) is 17.8. The van der Waals surface area contributed by atoms with E-state index in [1.807, 2.05) is 0 Å². The number of methoxy groups -OCH3 is 1. The van der Waals surface area contributed by atoms with E-state index in [1.165, 1.54) is 31.4 Å². The topological polar surface area (TPSA) is 150 Å². The molecule has 0 bridgehead atoms. The summed E-state index contributed by atoms with van der Waals surface area (Å²) in [6, 6.07) is 4.83. The first-order valence-corrected chi connectivity index (χ1v) is 11.4. The smallest absolute Gasteiger partial charge is 0.338 e. The number of benzene rings is 1. The first-order chi connectivity index (χ1) is 14.7. The lowest BCUT2D eigenvalue weighted by atomic mass is 9.98. The molecule has 2 rings (SSSR count). The first-order valence-electron chi connectivity index (χ1n) is 9.68. The van der Waals surface area contributed by atoms with Crippen LogP contribution in [0, 0.1) is 16.0 Å². The van der Waals surface area contributed by atoms with Gasteiger partial charge in [-0.3, -0.25) is 14.9 Å². The first kappa shape index (κ1) is 24.5. The number of carbonyl (C=O) groups excluding carboxylic acids is 2. The molecule has 1 N–H and O–H groups in total. The van der Waals surface area contributed by atoms with Gasteiger partial charge in [-0.15, -0.1) is 0 Å². The number of rotatable bonds is 10. The Morgan fingerprint density at radius 3 is 2.55 bits per heavy atom. The summed E-state index contributed by atoms with van der Waals surface area (Å²) in [5.74, 6) is -2.27. The maximum Gasteiger partial charge on any atom is 0.338 e. The lowest BCUT2D eigenvalue weighted by Crippen LogP contribution is -2.30. The summed E-state index contributed by atoms with van der Waals surface area (Å²) in [5.41, 5.74) is -0.0877. The molecule has 11 heteroatoms. The molecule has 1 unspecified atom stereocenters. The number of hydrogen-bond donors (Lipinski definition) is 1. The van der Waals surface area contributed by atoms with Crippen molar-refractivity contribution in [1.29, 1.82) is 0 Å². The van der Waals surface area contributed by atoms with Gasteiger partial charge in [0, 0.05) is 24.5 Å². The molecule has 1 aliphatic heterocycles. The predicted molar refractivity (Wildman–Crippen MR) is 110 cm³/mol. The Morgan fingerprint density at radius 2 is 1.94 bits per heavy atom. The molecule has 0 radical (unpaired) electrons. The van der Waals surface area contributed by atoms with Gasteiger partial charge in [-0.1, -0.05) is 12.2 Å². The minimum atomic E-state index is -3.56. The summed E-state index contributed by atoms with van der Waals surface area (Å²) in [6.07, 6.45) is 3.85. The van der Waals surface area contributed by atoms with Crippen molar-refractivity contribution in [2.75, 3.05) is 19.5 Å². The lowest BCUT2D eigenvalue weighted by molar-refractivity contribution is -0.384. The van der Waals surface area contributed by atoms with Crippen molar-refractivity contribution in [2.24, 2.45) is 5.92 Å². The SMILES string of the molecule is COC(=O)CCCC=CC[C@H]1[C@@H](COC(=O)c2ccc([N+](=O)[O-])cc2)C(O)CS1(=O)=O. The van der Waals surface area contributed by atoms with E-state index in [4.69, 9.17) is 4.74 Å². The van der Waals surface area contributed by atoms with Crippen molar-refractivity contribution in [3.8, 4) is 0 Å². The fraction of sp³-hybridized carbons (Fsp3) is 0.500. The molecule has 0 saturated carbocycles. The number of ether oxygens (including phenoxy) is 2. The van der Waals surface area contributed by atoms with Crippen molar-refractivity contribution in [1.82, 2.24) is 0 Å². The Balaban J connectivity index is 1.93. The third kappa shape index (κ3) is 6.86. The molecule has 170 valence electrons. The summed E-state index contributed by atoms with van der Waals surface area (Å²) in [6.45, 7) is -0.295. The Bertz CT molecular complexity index is 924. The monoisotopic (exact) mass is 455 g/mol. The zero-order chi connectivity index (χ0) is 23.0. The van der Waals surface area contributed by atoms with E-state index in [0.717, 1.165) is 0 Å². The summed E-state index contributed by atoms with van der Waals surface area (Å²) >= 11 is 0. The van der Waals surface area contributed by atoms with Gasteiger partial charge in [0.05, 0.1) is 41.3 Å². The number of hydrogen-bond acceptors (Lipinski definition) is 9. The van der Waals surface area contributed by atoms with Crippen LogP contribution in [0.25, 0.3) is 0 Å². The molecule has 31 heavy (non-hydrogen) atoms. The van der Waals surface area contributed by atoms with E-state index in [2.05, 4.69) is 4.74 Å². The van der Waals surface area contributed by atoms with Crippen molar-refractivity contribution in [2.45, 2.75) is 37.0 Å². The van der Waals surface area contributed by atoms with Crippen molar-refractivity contribution in [3.63, 3.8) is 0 Å². The highest BCUT2D eigenvalue weighted by molar-refractivity contribution is 7.92. The average Bonchev–Trinajstić information content (AvgIpc) is 2.95. The van der Waals surface area contributed by atoms with Gasteiger partial charge in [0.2, 0.25) is 0 Å². The molecule has 0 amide bonds. The van der Waals surface area contributed by atoms with Gasteiger partial charge in [-0.05, 0) is 31.4 Å². The van der Waals surface area contributed by atoms with Crippen LogP contribution in [0.3, 0.4) is 0 Å². The van der Waals surface area contributed by atoms with Crippen LogP contribution in [0.4, 0.5) is 5.69 Å². The molecule has 1 heterocycles. The summed E-state index contributed by atoms with van der Waals surface area (Å²) < 4.78 is 34.5. The molecule has 1 aliphatic rings. The normalized spacial score (nSPS) is 22.3. The number of nitro benzene ring substituents is 1. The van der Waals surface area contributed by atoms with E-state index in [1.54, 1.807) is 12.2 Å². The van der Waals surface area contributed by atoms with E-state index in [0.29, 0.717) is 12.8 Å². The Labute approximate surface area is 179 Å². The number of allylic oxidation sites excluding steroid dienone is 2. The van der Waals surface area contributed by atoms with E-state index >= 15 is 0 Å². The van der Waals surface area contributed by atoms with E-state index in [9.17, 15) is 33.2 Å². The van der Waals surface area contributed by atoms with Crippen LogP contribution in [0.5, 0.6) is 0 Å². The summed E-state index contributed by atoms with van der Waals surface area (Å²) in [4.78, 5) is 33.4. The van der Waals surface area contributed by atoms with Crippen LogP contribution >= 0.6 is 0 Å². The van der Waals surface area contributed by atoms with Crippen LogP contribution in [0.2, 0.25) is 0 Å². The maximum absolute atomic E-state index is 12.4. The van der Waals surface area contributed by atoms with Crippen LogP contribution < -0.4 is 0 Å². The molecule has 10 nitrogen and oxygen atoms in total. The molecular formula is C20H25NO9S. The Hall–Kier alpha value is -2.79. The number of aliphatic hydroxyl groups is 1. The number of sulfone groups is 1. The third-order valence-corrected chi connectivity index (χ3v) is 7.34. The largest absolute Gasteiger partial charge is 0.469 e. The Morgan fingerprint density at radius 1 is 1.26 bits per heavy atom. The summed E-state index contributed by atoms with van der Waals surface area (Å²) in [5, 5.41) is 20.0. The van der Waals surface area contributed by atoms with Gasteiger partial charge in [0.25, 0.3) is 5.69 Å². The van der Waals surface area contributed by atoms with Crippen LogP contribution in [0.15, 0.2) is 36.4 Å². The minimum absolute atomic E-state index is 0.0861. The molecule has 1 fully saturated rings. The van der Waals surface area contributed by atoms with Crippen molar-refractivity contribution in [3.05, 3.63) is 52.1 Å². The molecule has 0 aromatic heterocycles. The number of aliphatic hydroxyl groups excluding tert-OH is 1. The molecule has 3 atom stereocenters. The number of nitrogens with zero attached hydrogens (tertiary/aromatic N) is 1. The number of non-ortho nitro benzene ring substituents is 1. The van der Waals surface area contributed by atoms with Gasteiger partial charge in [-0.2, -0.15) is 0 Å². The number of carbonyl (C=O) groups is 2. The second kappa shape index (κ2) is 11.0. The Kier molecular flexibility index (Phi) is 8.69. The molecule has 1 saturated heterocycles. The van der Waals surface area contributed by atoms with Gasteiger partial charge in [0.1, 0.15) is 0 Å². The maximum atomic E-state index is 12.4. The van der Waals surface area contributed by atoms with Gasteiger partial charge < -0.3 is 14.6 Å². The van der Waals surface area contributed by atoms with Crippen molar-refractivity contribution < 1.29 is 37.5 Å². The second-order valence-electron chi connectivity index (χ2n) is 7.18. The van der Waals surface area contributed by atoms with Crippen molar-refractivity contribution >= 4 is 27.5 Å². The predicted octanol–water partition coefficient (Wildman–Crippen LogP) is 1.82. The lowest BCUT2D eigenvalue weighted by Gasteiger charge is -2.19. The van der Waals surface area contributed by atoms with Crippen LogP contribution in [0.1, 0.15) is 36.0 Å². The summed E-state index contributed by atoms with van der Waals surface area (Å²) in [7, 11) is -2.26. The highest BCUT2D eigenvalue weighted by atomic mass is 32.2. The van der Waals surface area contributed by atoms with Crippen LogP contribution in [-0.2, 0) is 24.1 Å². The second-order valence-corrected chi connectivity index (χ2v) is 9.44. The molecule has 0 spiro atoms. The average molecular weight is 455 g/mol. The highest BCUT2D eigenvalue weighted by Gasteiger charge is 2.46. The zero-order valence-electron chi connectivity index (χ0n) is 17.0. The number of nitro groups is 1. The highest BCUT2D eigenvalue weighted by Crippen LogP contribution is 2.31. The van der Waals surface area contributed by atoms with Gasteiger partial charge in [-0.25, -0.2) is 13.2 Å². The fourth-order valence-electron chi connectivity index (χ4n) is 3.33. The molecule has 1 aromatic carbocycles. The van der Waals surface area contributed by atoms with E-state index in [-0.39, 0.29) is 36.7 Å². The number of esters is 2. The van der Waals surface area contributed by atoms with E-state index < -0.39 is 43.8 Å². The number of unbranched alkanes of at least 4 members (excludes halogenated alkanes) is 1.